The smallest absolute Gasteiger partial charge is 0.331 e. The van der Waals surface area contributed by atoms with E-state index in [0.29, 0.717) is 0 Å². The van der Waals surface area contributed by atoms with Crippen molar-refractivity contribution < 1.29 is 9.53 Å². The summed E-state index contributed by atoms with van der Waals surface area (Å²) in [5, 5.41) is 0. The van der Waals surface area contributed by atoms with Crippen molar-refractivity contribution in [1.82, 2.24) is 0 Å². The molecule has 0 unspecified atom stereocenters. The van der Waals surface area contributed by atoms with Crippen LogP contribution in [0.25, 0.3) is 0 Å². The van der Waals surface area contributed by atoms with Gasteiger partial charge in [-0.05, 0) is 26.8 Å². The molecule has 0 spiro atoms. The van der Waals surface area contributed by atoms with Gasteiger partial charge in [0.2, 0.25) is 0 Å². The van der Waals surface area contributed by atoms with Gasteiger partial charge >= 0.3 is 5.97 Å². The fourth-order valence-corrected chi connectivity index (χ4v) is 0.554. The van der Waals surface area contributed by atoms with E-state index in [-0.39, 0.29) is 4.99 Å². The second kappa shape index (κ2) is 4.21. The van der Waals surface area contributed by atoms with Crippen LogP contribution in [0.15, 0.2) is 12.2 Å². The summed E-state index contributed by atoms with van der Waals surface area (Å²) < 4.78 is 4.95. The quantitative estimate of drug-likeness (QED) is 0.400. The van der Waals surface area contributed by atoms with Gasteiger partial charge in [-0.3, -0.25) is 0 Å². The fourth-order valence-electron chi connectivity index (χ4n) is 0.486. The SMILES string of the molecule is CC(C)(C)OC(=O)/C=C/C(N)=S. The lowest BCUT2D eigenvalue weighted by molar-refractivity contribution is -0.148. The number of carbonyl (C=O) groups is 1. The van der Waals surface area contributed by atoms with Gasteiger partial charge in [0.25, 0.3) is 0 Å². The zero-order valence-corrected chi connectivity index (χ0v) is 8.27. The average Bonchev–Trinajstić information content (AvgIpc) is 1.79. The van der Waals surface area contributed by atoms with Crippen LogP contribution in [0.5, 0.6) is 0 Å². The highest BCUT2D eigenvalue weighted by atomic mass is 32.1. The Kier molecular flexibility index (Phi) is 3.89. The van der Waals surface area contributed by atoms with Crippen LogP contribution >= 0.6 is 12.2 Å². The summed E-state index contributed by atoms with van der Waals surface area (Å²) in [5.41, 5.74) is 4.67. The zero-order valence-electron chi connectivity index (χ0n) is 7.46. The first-order chi connectivity index (χ1) is 5.31. The monoisotopic (exact) mass is 187 g/mol. The predicted molar refractivity (Wildman–Crippen MR) is 51.8 cm³/mol. The van der Waals surface area contributed by atoms with Crippen LogP contribution in [0.4, 0.5) is 0 Å². The molecule has 12 heavy (non-hydrogen) atoms. The first-order valence-electron chi connectivity index (χ1n) is 3.52. The molecule has 2 N–H and O–H groups in total. The Morgan fingerprint density at radius 3 is 2.25 bits per heavy atom. The van der Waals surface area contributed by atoms with Crippen LogP contribution < -0.4 is 5.73 Å². The van der Waals surface area contributed by atoms with Crippen molar-refractivity contribution in [3.63, 3.8) is 0 Å². The lowest BCUT2D eigenvalue weighted by Gasteiger charge is -2.17. The molecule has 68 valence electrons. The first kappa shape index (κ1) is 11.1. The van der Waals surface area contributed by atoms with E-state index in [1.807, 2.05) is 0 Å². The number of rotatable bonds is 2. The molecule has 0 aromatic heterocycles. The molecule has 0 radical (unpaired) electrons. The molecular formula is C8H13NO2S. The maximum absolute atomic E-state index is 10.9. The molecule has 0 rings (SSSR count). The number of hydrogen-bond donors (Lipinski definition) is 1. The molecule has 0 heterocycles. The van der Waals surface area contributed by atoms with Crippen molar-refractivity contribution in [3.8, 4) is 0 Å². The molecule has 0 amide bonds. The van der Waals surface area contributed by atoms with Gasteiger partial charge in [-0.25, -0.2) is 4.79 Å². The molecule has 0 saturated carbocycles. The van der Waals surface area contributed by atoms with Gasteiger partial charge in [0.1, 0.15) is 5.60 Å². The number of esters is 1. The Bertz CT molecular complexity index is 216. The molecule has 0 aliphatic carbocycles. The summed E-state index contributed by atoms with van der Waals surface area (Å²) in [6.07, 6.45) is 2.55. The normalized spacial score (nSPS) is 11.6. The van der Waals surface area contributed by atoms with Crippen molar-refractivity contribution in [2.45, 2.75) is 26.4 Å². The number of nitrogens with two attached hydrogens (primary N) is 1. The minimum absolute atomic E-state index is 0.167. The molecule has 0 aliphatic heterocycles. The highest BCUT2D eigenvalue weighted by Gasteiger charge is 2.13. The van der Waals surface area contributed by atoms with Crippen LogP contribution in [0.1, 0.15) is 20.8 Å². The third-order valence-electron chi connectivity index (χ3n) is 0.790. The van der Waals surface area contributed by atoms with Crippen LogP contribution in [0.3, 0.4) is 0 Å². The van der Waals surface area contributed by atoms with E-state index in [4.69, 9.17) is 10.5 Å². The Balaban J connectivity index is 3.99. The Morgan fingerprint density at radius 2 is 1.92 bits per heavy atom. The maximum atomic E-state index is 10.9. The van der Waals surface area contributed by atoms with Crippen LogP contribution in [0, 0.1) is 0 Å². The van der Waals surface area contributed by atoms with Crippen molar-refractivity contribution in [1.29, 1.82) is 0 Å². The van der Waals surface area contributed by atoms with Crippen LogP contribution in [-0.2, 0) is 9.53 Å². The second-order valence-electron chi connectivity index (χ2n) is 3.27. The number of carbonyl (C=O) groups excluding carboxylic acids is 1. The van der Waals surface area contributed by atoms with Gasteiger partial charge < -0.3 is 10.5 Å². The largest absolute Gasteiger partial charge is 0.457 e. The molecular weight excluding hydrogens is 174 g/mol. The summed E-state index contributed by atoms with van der Waals surface area (Å²) in [5.74, 6) is -0.435. The minimum Gasteiger partial charge on any atom is -0.457 e. The highest BCUT2D eigenvalue weighted by Crippen LogP contribution is 2.06. The molecule has 4 heteroatoms. The summed E-state index contributed by atoms with van der Waals surface area (Å²) in [4.78, 5) is 11.1. The van der Waals surface area contributed by atoms with E-state index >= 15 is 0 Å². The van der Waals surface area contributed by atoms with E-state index in [1.54, 1.807) is 20.8 Å². The summed E-state index contributed by atoms with van der Waals surface area (Å²) in [6.45, 7) is 5.37. The predicted octanol–water partition coefficient (Wildman–Crippen LogP) is 1.17. The Hall–Kier alpha value is -0.900. The molecule has 0 bridgehead atoms. The summed E-state index contributed by atoms with van der Waals surface area (Å²) in [6, 6.07) is 0. The standard InChI is InChI=1S/C8H13NO2S/c1-8(2,3)11-7(10)5-4-6(9)12/h4-5H,1-3H3,(H2,9,12)/b5-4+. The van der Waals surface area contributed by atoms with Crippen molar-refractivity contribution >= 4 is 23.2 Å². The highest BCUT2D eigenvalue weighted by molar-refractivity contribution is 7.80. The maximum Gasteiger partial charge on any atom is 0.331 e. The topological polar surface area (TPSA) is 52.3 Å². The first-order valence-corrected chi connectivity index (χ1v) is 3.92. The van der Waals surface area contributed by atoms with Crippen LogP contribution in [-0.4, -0.2) is 16.6 Å². The number of ether oxygens (including phenoxy) is 1. The van der Waals surface area contributed by atoms with E-state index in [9.17, 15) is 4.79 Å². The van der Waals surface area contributed by atoms with Gasteiger partial charge in [-0.15, -0.1) is 0 Å². The van der Waals surface area contributed by atoms with E-state index in [0.717, 1.165) is 0 Å². The Labute approximate surface area is 77.6 Å². The third kappa shape index (κ3) is 7.21. The molecule has 0 atom stereocenters. The molecule has 0 aromatic rings. The second-order valence-corrected chi connectivity index (χ2v) is 3.74. The van der Waals surface area contributed by atoms with Gasteiger partial charge in [-0.2, -0.15) is 0 Å². The van der Waals surface area contributed by atoms with Gasteiger partial charge in [-0.1, -0.05) is 12.2 Å². The summed E-state index contributed by atoms with van der Waals surface area (Å²) in [7, 11) is 0. The average molecular weight is 187 g/mol. The van der Waals surface area contributed by atoms with E-state index < -0.39 is 11.6 Å². The van der Waals surface area contributed by atoms with E-state index in [2.05, 4.69) is 12.2 Å². The minimum atomic E-state index is -0.475. The van der Waals surface area contributed by atoms with Gasteiger partial charge in [0.05, 0.1) is 4.99 Å². The molecule has 3 nitrogen and oxygen atoms in total. The summed E-state index contributed by atoms with van der Waals surface area (Å²) >= 11 is 4.54. The molecule has 0 aromatic carbocycles. The molecule has 0 aliphatic rings. The number of thiocarbonyl (C=S) groups is 1. The van der Waals surface area contributed by atoms with Crippen molar-refractivity contribution in [2.75, 3.05) is 0 Å². The third-order valence-corrected chi connectivity index (χ3v) is 0.927. The fraction of sp³-hybridized carbons (Fsp3) is 0.500. The molecule has 0 fully saturated rings. The lowest BCUT2D eigenvalue weighted by Crippen LogP contribution is -2.22. The van der Waals surface area contributed by atoms with Gasteiger partial charge in [0.15, 0.2) is 0 Å². The van der Waals surface area contributed by atoms with Crippen molar-refractivity contribution in [2.24, 2.45) is 5.73 Å². The van der Waals surface area contributed by atoms with Crippen LogP contribution in [0.2, 0.25) is 0 Å². The lowest BCUT2D eigenvalue weighted by atomic mass is 10.2. The number of hydrogen-bond acceptors (Lipinski definition) is 3. The molecule has 0 saturated heterocycles. The zero-order chi connectivity index (χ0) is 9.78. The van der Waals surface area contributed by atoms with Crippen molar-refractivity contribution in [3.05, 3.63) is 12.2 Å². The van der Waals surface area contributed by atoms with E-state index in [1.165, 1.54) is 12.2 Å². The van der Waals surface area contributed by atoms with Gasteiger partial charge in [0, 0.05) is 6.08 Å². The Morgan fingerprint density at radius 1 is 1.42 bits per heavy atom.